The zero-order valence-corrected chi connectivity index (χ0v) is 11.0. The summed E-state index contributed by atoms with van der Waals surface area (Å²) in [7, 11) is 0. The van der Waals surface area contributed by atoms with Gasteiger partial charge in [-0.1, -0.05) is 13.8 Å². The Morgan fingerprint density at radius 2 is 2.00 bits per heavy atom. The molecule has 0 radical (unpaired) electrons. The molecule has 1 fully saturated rings. The summed E-state index contributed by atoms with van der Waals surface area (Å²) in [5, 5.41) is 0. The van der Waals surface area contributed by atoms with E-state index in [9.17, 15) is 4.79 Å². The molecule has 0 spiro atoms. The zero-order valence-electron chi connectivity index (χ0n) is 11.0. The molecule has 1 saturated heterocycles. The number of esters is 1. The first-order valence-corrected chi connectivity index (χ1v) is 6.32. The van der Waals surface area contributed by atoms with E-state index in [0.717, 1.165) is 13.1 Å². The summed E-state index contributed by atoms with van der Waals surface area (Å²) in [5.74, 6) is 0.00481. The van der Waals surface area contributed by atoms with Crippen molar-refractivity contribution < 1.29 is 14.3 Å². The van der Waals surface area contributed by atoms with Crippen LogP contribution in [0, 0.1) is 5.92 Å². The maximum Gasteiger partial charge on any atom is 0.324 e. The fourth-order valence-corrected chi connectivity index (χ4v) is 2.32. The standard InChI is InChI=1S/C12H24N2O3/c1-4-17-12(15)10(13)11(9(2)3)14-5-7-16-8-6-14/h9-11H,4-8,13H2,1-3H3. The topological polar surface area (TPSA) is 64.8 Å². The second kappa shape index (κ2) is 6.93. The summed E-state index contributed by atoms with van der Waals surface area (Å²) in [6.45, 7) is 9.41. The molecule has 1 aliphatic rings. The molecule has 100 valence electrons. The van der Waals surface area contributed by atoms with Gasteiger partial charge in [0.15, 0.2) is 0 Å². The SMILES string of the molecule is CCOC(=O)C(N)C(C(C)C)N1CCOCC1. The number of morpholine rings is 1. The molecule has 0 bridgehead atoms. The van der Waals surface area contributed by atoms with Crippen LogP contribution in [0.2, 0.25) is 0 Å². The summed E-state index contributed by atoms with van der Waals surface area (Å²) in [6, 6.07) is -0.550. The zero-order chi connectivity index (χ0) is 12.8. The van der Waals surface area contributed by atoms with Gasteiger partial charge in [0.1, 0.15) is 6.04 Å². The van der Waals surface area contributed by atoms with Gasteiger partial charge in [-0.05, 0) is 12.8 Å². The lowest BCUT2D eigenvalue weighted by Gasteiger charge is -2.39. The number of nitrogens with two attached hydrogens (primary N) is 1. The molecule has 0 aliphatic carbocycles. The van der Waals surface area contributed by atoms with E-state index >= 15 is 0 Å². The molecule has 2 N–H and O–H groups in total. The van der Waals surface area contributed by atoms with Gasteiger partial charge in [-0.25, -0.2) is 0 Å². The van der Waals surface area contributed by atoms with Crippen molar-refractivity contribution in [2.75, 3.05) is 32.9 Å². The first kappa shape index (κ1) is 14.4. The summed E-state index contributed by atoms with van der Waals surface area (Å²) in [5.41, 5.74) is 6.02. The fourth-order valence-electron chi connectivity index (χ4n) is 2.32. The lowest BCUT2D eigenvalue weighted by atomic mass is 9.95. The maximum absolute atomic E-state index is 11.7. The van der Waals surface area contributed by atoms with Crippen molar-refractivity contribution in [1.29, 1.82) is 0 Å². The van der Waals surface area contributed by atoms with Crippen molar-refractivity contribution >= 4 is 5.97 Å². The van der Waals surface area contributed by atoms with Crippen molar-refractivity contribution in [2.45, 2.75) is 32.9 Å². The monoisotopic (exact) mass is 244 g/mol. The van der Waals surface area contributed by atoms with E-state index < -0.39 is 6.04 Å². The number of carbonyl (C=O) groups is 1. The smallest absolute Gasteiger partial charge is 0.324 e. The van der Waals surface area contributed by atoms with E-state index in [2.05, 4.69) is 18.7 Å². The first-order chi connectivity index (χ1) is 8.07. The minimum atomic E-state index is -0.576. The Balaban J connectivity index is 2.66. The van der Waals surface area contributed by atoms with E-state index in [0.29, 0.717) is 25.7 Å². The van der Waals surface area contributed by atoms with Crippen LogP contribution >= 0.6 is 0 Å². The van der Waals surface area contributed by atoms with Crippen LogP contribution in [-0.2, 0) is 14.3 Å². The number of nitrogens with zero attached hydrogens (tertiary/aromatic N) is 1. The minimum absolute atomic E-state index is 0.0259. The molecule has 2 atom stereocenters. The Hall–Kier alpha value is -0.650. The molecule has 0 aromatic rings. The number of ether oxygens (including phenoxy) is 2. The van der Waals surface area contributed by atoms with E-state index in [-0.39, 0.29) is 12.0 Å². The lowest BCUT2D eigenvalue weighted by molar-refractivity contribution is -0.147. The second-order valence-electron chi connectivity index (χ2n) is 4.66. The Kier molecular flexibility index (Phi) is 5.88. The Morgan fingerprint density at radius 3 is 2.47 bits per heavy atom. The van der Waals surface area contributed by atoms with Crippen LogP contribution in [0.4, 0.5) is 0 Å². The molecule has 5 nitrogen and oxygen atoms in total. The Morgan fingerprint density at radius 1 is 1.41 bits per heavy atom. The molecule has 0 saturated carbocycles. The third-order valence-corrected chi connectivity index (χ3v) is 3.08. The van der Waals surface area contributed by atoms with Gasteiger partial charge in [-0.15, -0.1) is 0 Å². The van der Waals surface area contributed by atoms with Crippen molar-refractivity contribution in [3.8, 4) is 0 Å². The Labute approximate surface area is 103 Å². The van der Waals surface area contributed by atoms with Crippen LogP contribution in [-0.4, -0.2) is 55.9 Å². The molecule has 1 heterocycles. The van der Waals surface area contributed by atoms with Crippen molar-refractivity contribution in [3.63, 3.8) is 0 Å². The third-order valence-electron chi connectivity index (χ3n) is 3.08. The highest BCUT2D eigenvalue weighted by atomic mass is 16.5. The molecule has 1 aliphatic heterocycles. The molecule has 17 heavy (non-hydrogen) atoms. The van der Waals surface area contributed by atoms with E-state index in [1.165, 1.54) is 0 Å². The highest BCUT2D eigenvalue weighted by molar-refractivity contribution is 5.76. The highest BCUT2D eigenvalue weighted by Crippen LogP contribution is 2.16. The largest absolute Gasteiger partial charge is 0.465 e. The first-order valence-electron chi connectivity index (χ1n) is 6.32. The summed E-state index contributed by atoms with van der Waals surface area (Å²) in [6.07, 6.45) is 0. The molecular weight excluding hydrogens is 220 g/mol. The van der Waals surface area contributed by atoms with Crippen LogP contribution in [0.25, 0.3) is 0 Å². The van der Waals surface area contributed by atoms with Crippen LogP contribution in [0.1, 0.15) is 20.8 Å². The van der Waals surface area contributed by atoms with Crippen LogP contribution in [0.3, 0.4) is 0 Å². The molecule has 0 aromatic carbocycles. The molecule has 2 unspecified atom stereocenters. The number of hydrogen-bond acceptors (Lipinski definition) is 5. The third kappa shape index (κ3) is 3.94. The van der Waals surface area contributed by atoms with Crippen LogP contribution in [0.5, 0.6) is 0 Å². The Bertz CT molecular complexity index is 240. The summed E-state index contributed by atoms with van der Waals surface area (Å²) >= 11 is 0. The number of carbonyl (C=O) groups excluding carboxylic acids is 1. The van der Waals surface area contributed by atoms with Crippen LogP contribution in [0.15, 0.2) is 0 Å². The van der Waals surface area contributed by atoms with Gasteiger partial charge in [-0.2, -0.15) is 0 Å². The van der Waals surface area contributed by atoms with E-state index in [1.54, 1.807) is 6.92 Å². The summed E-state index contributed by atoms with van der Waals surface area (Å²) in [4.78, 5) is 14.0. The van der Waals surface area contributed by atoms with Gasteiger partial charge in [0, 0.05) is 19.1 Å². The molecule has 0 aromatic heterocycles. The van der Waals surface area contributed by atoms with Gasteiger partial charge in [0.05, 0.1) is 19.8 Å². The average molecular weight is 244 g/mol. The van der Waals surface area contributed by atoms with E-state index in [4.69, 9.17) is 15.2 Å². The average Bonchev–Trinajstić information content (AvgIpc) is 2.30. The van der Waals surface area contributed by atoms with Gasteiger partial charge >= 0.3 is 5.97 Å². The van der Waals surface area contributed by atoms with Gasteiger partial charge in [0.2, 0.25) is 0 Å². The number of hydrogen-bond donors (Lipinski definition) is 1. The van der Waals surface area contributed by atoms with Gasteiger partial charge in [-0.3, -0.25) is 9.69 Å². The molecule has 0 amide bonds. The van der Waals surface area contributed by atoms with Crippen molar-refractivity contribution in [1.82, 2.24) is 4.90 Å². The minimum Gasteiger partial charge on any atom is -0.465 e. The van der Waals surface area contributed by atoms with E-state index in [1.807, 2.05) is 0 Å². The van der Waals surface area contributed by atoms with Crippen LogP contribution < -0.4 is 5.73 Å². The van der Waals surface area contributed by atoms with Crippen molar-refractivity contribution in [3.05, 3.63) is 0 Å². The fraction of sp³-hybridized carbons (Fsp3) is 0.917. The normalized spacial score (nSPS) is 21.2. The highest BCUT2D eigenvalue weighted by Gasteiger charge is 2.33. The molecule has 5 heteroatoms. The lowest BCUT2D eigenvalue weighted by Crippen LogP contribution is -2.57. The summed E-state index contributed by atoms with van der Waals surface area (Å²) < 4.78 is 10.3. The second-order valence-corrected chi connectivity index (χ2v) is 4.66. The molecular formula is C12H24N2O3. The molecule has 1 rings (SSSR count). The van der Waals surface area contributed by atoms with Gasteiger partial charge < -0.3 is 15.2 Å². The van der Waals surface area contributed by atoms with Gasteiger partial charge in [0.25, 0.3) is 0 Å². The predicted octanol–water partition coefficient (Wildman–Crippen LogP) is 0.234. The van der Waals surface area contributed by atoms with Crippen molar-refractivity contribution in [2.24, 2.45) is 11.7 Å². The maximum atomic E-state index is 11.7. The number of rotatable bonds is 5. The predicted molar refractivity (Wildman–Crippen MR) is 65.6 cm³/mol. The quantitative estimate of drug-likeness (QED) is 0.702.